The highest BCUT2D eigenvalue weighted by Crippen LogP contribution is 2.20. The number of halogens is 1. The molecule has 1 aromatic carbocycles. The van der Waals surface area contributed by atoms with Crippen molar-refractivity contribution < 1.29 is 9.21 Å². The molecule has 0 saturated heterocycles. The second-order valence-electron chi connectivity index (χ2n) is 3.91. The van der Waals surface area contributed by atoms with Gasteiger partial charge in [0.15, 0.2) is 5.76 Å². The molecule has 0 amide bonds. The smallest absolute Gasteiger partial charge is 0.228 e. The lowest BCUT2D eigenvalue weighted by molar-refractivity contribution is 0.101. The van der Waals surface area contributed by atoms with E-state index in [0.717, 1.165) is 17.7 Å². The molecule has 0 fully saturated rings. The van der Waals surface area contributed by atoms with Crippen LogP contribution in [0.5, 0.6) is 0 Å². The third kappa shape index (κ3) is 2.42. The number of carbonyl (C=O) groups excluding carboxylic acids is 1. The van der Waals surface area contributed by atoms with Gasteiger partial charge in [-0.05, 0) is 30.7 Å². The molecule has 0 aliphatic carbocycles. The van der Waals surface area contributed by atoms with Gasteiger partial charge in [-0.1, -0.05) is 30.7 Å². The molecule has 88 valence electrons. The summed E-state index contributed by atoms with van der Waals surface area (Å²) >= 11 is 6.00. The van der Waals surface area contributed by atoms with Gasteiger partial charge in [-0.3, -0.25) is 4.79 Å². The highest BCUT2D eigenvalue weighted by molar-refractivity contribution is 6.31. The zero-order chi connectivity index (χ0) is 12.4. The number of hydrogen-bond acceptors (Lipinski definition) is 2. The Hall–Kier alpha value is -1.54. The lowest BCUT2D eigenvalue weighted by atomic mass is 10.1. The summed E-state index contributed by atoms with van der Waals surface area (Å²) in [4.78, 5) is 12.1. The van der Waals surface area contributed by atoms with Crippen LogP contribution in [-0.4, -0.2) is 5.78 Å². The number of ketones is 1. The fraction of sp³-hybridized carbons (Fsp3) is 0.214. The average molecular weight is 249 g/mol. The second kappa shape index (κ2) is 4.76. The number of furan rings is 1. The van der Waals surface area contributed by atoms with Crippen molar-refractivity contribution in [3.63, 3.8) is 0 Å². The van der Waals surface area contributed by atoms with Crippen molar-refractivity contribution in [1.29, 1.82) is 0 Å². The van der Waals surface area contributed by atoms with Crippen LogP contribution in [0, 0.1) is 6.92 Å². The summed E-state index contributed by atoms with van der Waals surface area (Å²) in [5, 5.41) is 0.595. The maximum absolute atomic E-state index is 12.1. The third-order valence-corrected chi connectivity index (χ3v) is 3.08. The van der Waals surface area contributed by atoms with E-state index in [1.54, 1.807) is 18.2 Å². The van der Waals surface area contributed by atoms with E-state index in [9.17, 15) is 4.79 Å². The van der Waals surface area contributed by atoms with E-state index in [0.29, 0.717) is 16.3 Å². The number of aryl methyl sites for hydroxylation is 2. The van der Waals surface area contributed by atoms with Crippen molar-refractivity contribution in [1.82, 2.24) is 0 Å². The van der Waals surface area contributed by atoms with E-state index in [4.69, 9.17) is 16.0 Å². The summed E-state index contributed by atoms with van der Waals surface area (Å²) in [6.07, 6.45) is 0.780. The number of benzene rings is 1. The second-order valence-corrected chi connectivity index (χ2v) is 4.32. The molecule has 0 unspecified atom stereocenters. The van der Waals surface area contributed by atoms with Crippen molar-refractivity contribution >= 4 is 17.4 Å². The van der Waals surface area contributed by atoms with Gasteiger partial charge in [0.25, 0.3) is 0 Å². The molecule has 0 atom stereocenters. The first-order valence-corrected chi connectivity index (χ1v) is 5.89. The Kier molecular flexibility index (Phi) is 3.34. The minimum absolute atomic E-state index is 0.133. The highest BCUT2D eigenvalue weighted by Gasteiger charge is 2.14. The van der Waals surface area contributed by atoms with E-state index in [-0.39, 0.29) is 5.78 Å². The van der Waals surface area contributed by atoms with Gasteiger partial charge in [-0.2, -0.15) is 0 Å². The minimum atomic E-state index is -0.133. The molecule has 0 saturated carbocycles. The summed E-state index contributed by atoms with van der Waals surface area (Å²) in [7, 11) is 0. The van der Waals surface area contributed by atoms with Gasteiger partial charge in [-0.25, -0.2) is 0 Å². The van der Waals surface area contributed by atoms with Crippen LogP contribution in [0.15, 0.2) is 34.7 Å². The molecular weight excluding hydrogens is 236 g/mol. The van der Waals surface area contributed by atoms with Gasteiger partial charge in [0.1, 0.15) is 5.76 Å². The van der Waals surface area contributed by atoms with Crippen LogP contribution in [-0.2, 0) is 6.42 Å². The molecule has 0 spiro atoms. The maximum atomic E-state index is 12.1. The Morgan fingerprint density at radius 2 is 2.06 bits per heavy atom. The monoisotopic (exact) mass is 248 g/mol. The van der Waals surface area contributed by atoms with Crippen LogP contribution in [0.1, 0.15) is 34.4 Å². The zero-order valence-corrected chi connectivity index (χ0v) is 10.5. The highest BCUT2D eigenvalue weighted by atomic mass is 35.5. The molecule has 2 rings (SSSR count). The first kappa shape index (κ1) is 11.9. The molecule has 17 heavy (non-hydrogen) atoms. The minimum Gasteiger partial charge on any atom is -0.458 e. The molecule has 1 heterocycles. The Morgan fingerprint density at radius 3 is 2.65 bits per heavy atom. The number of rotatable bonds is 3. The maximum Gasteiger partial charge on any atom is 0.228 e. The van der Waals surface area contributed by atoms with Crippen molar-refractivity contribution in [2.45, 2.75) is 20.3 Å². The lowest BCUT2D eigenvalue weighted by Gasteiger charge is -2.01. The van der Waals surface area contributed by atoms with E-state index in [1.807, 2.05) is 26.0 Å². The summed E-state index contributed by atoms with van der Waals surface area (Å²) in [6.45, 7) is 3.88. The van der Waals surface area contributed by atoms with E-state index < -0.39 is 0 Å². The molecule has 1 aromatic heterocycles. The van der Waals surface area contributed by atoms with Crippen molar-refractivity contribution in [3.05, 3.63) is 58.0 Å². The van der Waals surface area contributed by atoms with Gasteiger partial charge in [0, 0.05) is 17.0 Å². The molecule has 0 bridgehead atoms. The number of carbonyl (C=O) groups is 1. The largest absolute Gasteiger partial charge is 0.458 e. The number of hydrogen-bond donors (Lipinski definition) is 0. The Bertz CT molecular complexity index is 555. The van der Waals surface area contributed by atoms with Crippen LogP contribution < -0.4 is 0 Å². The van der Waals surface area contributed by atoms with Gasteiger partial charge < -0.3 is 4.42 Å². The quantitative estimate of drug-likeness (QED) is 0.768. The van der Waals surface area contributed by atoms with E-state index in [2.05, 4.69) is 0 Å². The molecule has 0 radical (unpaired) electrons. The van der Waals surface area contributed by atoms with Gasteiger partial charge in [-0.15, -0.1) is 0 Å². The van der Waals surface area contributed by atoms with Crippen LogP contribution >= 0.6 is 11.6 Å². The molecule has 2 aromatic rings. The van der Waals surface area contributed by atoms with Crippen LogP contribution in [0.4, 0.5) is 0 Å². The normalized spacial score (nSPS) is 10.5. The summed E-state index contributed by atoms with van der Waals surface area (Å²) in [6, 6.07) is 8.79. The molecule has 0 aliphatic rings. The Morgan fingerprint density at radius 1 is 1.29 bits per heavy atom. The molecular formula is C14H13ClO2. The van der Waals surface area contributed by atoms with Crippen molar-refractivity contribution in [2.24, 2.45) is 0 Å². The van der Waals surface area contributed by atoms with Crippen molar-refractivity contribution in [3.8, 4) is 0 Å². The van der Waals surface area contributed by atoms with Crippen LogP contribution in [0.2, 0.25) is 5.02 Å². The first-order valence-electron chi connectivity index (χ1n) is 5.51. The summed E-state index contributed by atoms with van der Waals surface area (Å²) in [5.41, 5.74) is 1.51. The fourth-order valence-corrected chi connectivity index (χ4v) is 1.75. The third-order valence-electron chi connectivity index (χ3n) is 2.67. The first-order chi connectivity index (χ1) is 8.11. The molecule has 2 nitrogen and oxygen atoms in total. The van der Waals surface area contributed by atoms with E-state index in [1.165, 1.54) is 0 Å². The average Bonchev–Trinajstić information content (AvgIpc) is 2.80. The van der Waals surface area contributed by atoms with Crippen LogP contribution in [0.25, 0.3) is 0 Å². The standard InChI is InChI=1S/C14H13ClO2/c1-3-11-6-7-13(17-11)14(16)10-5-4-9(2)12(15)8-10/h4-8H,3H2,1-2H3. The molecule has 0 aliphatic heterocycles. The van der Waals surface area contributed by atoms with Gasteiger partial charge >= 0.3 is 0 Å². The Labute approximate surface area is 105 Å². The summed E-state index contributed by atoms with van der Waals surface area (Å²) in [5.74, 6) is 1.04. The predicted octanol–water partition coefficient (Wildman–Crippen LogP) is 4.03. The molecule has 3 heteroatoms. The van der Waals surface area contributed by atoms with Gasteiger partial charge in [0.2, 0.25) is 5.78 Å². The zero-order valence-electron chi connectivity index (χ0n) is 9.79. The predicted molar refractivity (Wildman–Crippen MR) is 67.7 cm³/mol. The Balaban J connectivity index is 2.33. The topological polar surface area (TPSA) is 30.2 Å². The lowest BCUT2D eigenvalue weighted by Crippen LogP contribution is -1.99. The van der Waals surface area contributed by atoms with Gasteiger partial charge in [0.05, 0.1) is 0 Å². The van der Waals surface area contributed by atoms with E-state index >= 15 is 0 Å². The summed E-state index contributed by atoms with van der Waals surface area (Å²) < 4.78 is 5.43. The van der Waals surface area contributed by atoms with Crippen molar-refractivity contribution in [2.75, 3.05) is 0 Å². The molecule has 0 N–H and O–H groups in total. The SMILES string of the molecule is CCc1ccc(C(=O)c2ccc(C)c(Cl)c2)o1. The fourth-order valence-electron chi connectivity index (χ4n) is 1.57. The van der Waals surface area contributed by atoms with Crippen LogP contribution in [0.3, 0.4) is 0 Å².